The molecule has 2 fully saturated rings. The van der Waals surface area contributed by atoms with E-state index in [2.05, 4.69) is 56.7 Å². The van der Waals surface area contributed by atoms with Crippen LogP contribution < -0.4 is 15.1 Å². The number of hydrogen-bond donors (Lipinski definition) is 1. The third-order valence-corrected chi connectivity index (χ3v) is 8.32. The maximum Gasteiger partial charge on any atom is 0.174 e. The molecule has 4 aromatic rings. The fourth-order valence-corrected chi connectivity index (χ4v) is 6.81. The zero-order chi connectivity index (χ0) is 27.1. The van der Waals surface area contributed by atoms with Gasteiger partial charge in [0, 0.05) is 42.6 Å². The minimum absolute atomic E-state index is 0.199. The van der Waals surface area contributed by atoms with Crippen molar-refractivity contribution in [1.82, 2.24) is 14.9 Å². The third kappa shape index (κ3) is 5.01. The van der Waals surface area contributed by atoms with Crippen LogP contribution in [0.25, 0.3) is 5.69 Å². The number of aromatic nitrogens is 2. The highest BCUT2D eigenvalue weighted by molar-refractivity contribution is 7.80. The van der Waals surface area contributed by atoms with E-state index in [0.717, 1.165) is 41.5 Å². The zero-order valence-electron chi connectivity index (χ0n) is 22.0. The van der Waals surface area contributed by atoms with Gasteiger partial charge < -0.3 is 19.7 Å². The van der Waals surface area contributed by atoms with Crippen molar-refractivity contribution >= 4 is 40.3 Å². The van der Waals surface area contributed by atoms with Crippen LogP contribution in [0.4, 0.5) is 15.8 Å². The monoisotopic (exact) mass is 559 g/mol. The van der Waals surface area contributed by atoms with Crippen LogP contribution in [-0.4, -0.2) is 27.8 Å². The second-order valence-electron chi connectivity index (χ2n) is 10.8. The van der Waals surface area contributed by atoms with E-state index in [1.807, 2.05) is 36.5 Å². The fraction of sp³-hybridized carbons (Fsp3) is 0.290. The summed E-state index contributed by atoms with van der Waals surface area (Å²) < 4.78 is 15.8. The SMILES string of the molecule is C[C@@H]1C[C@H](C)CN(c2ccc(N3C(=S)N[C@H](c4ccccn4)[C@H]3c3cccn3-c3ccc(F)cc3)cc2Cl)C1. The number of halogens is 2. The molecule has 0 aliphatic carbocycles. The summed E-state index contributed by atoms with van der Waals surface area (Å²) in [5, 5.41) is 4.84. The maximum absolute atomic E-state index is 13.7. The summed E-state index contributed by atoms with van der Waals surface area (Å²) in [5.41, 5.74) is 4.73. The molecular weight excluding hydrogens is 529 g/mol. The quantitative estimate of drug-likeness (QED) is 0.259. The van der Waals surface area contributed by atoms with Crippen molar-refractivity contribution in [3.05, 3.63) is 107 Å². The molecule has 2 saturated heterocycles. The van der Waals surface area contributed by atoms with Gasteiger partial charge in [-0.25, -0.2) is 4.39 Å². The lowest BCUT2D eigenvalue weighted by atomic mass is 9.91. The molecule has 0 amide bonds. The Bertz CT molecular complexity index is 1460. The van der Waals surface area contributed by atoms with E-state index in [1.54, 1.807) is 18.3 Å². The molecule has 4 heterocycles. The van der Waals surface area contributed by atoms with Crippen molar-refractivity contribution < 1.29 is 4.39 Å². The van der Waals surface area contributed by atoms with Crippen LogP contribution >= 0.6 is 23.8 Å². The predicted molar refractivity (Wildman–Crippen MR) is 160 cm³/mol. The van der Waals surface area contributed by atoms with Crippen LogP contribution in [0.5, 0.6) is 0 Å². The summed E-state index contributed by atoms with van der Waals surface area (Å²) >= 11 is 12.9. The highest BCUT2D eigenvalue weighted by Gasteiger charge is 2.42. The van der Waals surface area contributed by atoms with E-state index in [0.29, 0.717) is 22.0 Å². The second-order valence-corrected chi connectivity index (χ2v) is 11.6. The number of rotatable bonds is 5. The average Bonchev–Trinajstić information content (AvgIpc) is 3.53. The fourth-order valence-electron chi connectivity index (χ4n) is 6.17. The Morgan fingerprint density at radius 2 is 1.69 bits per heavy atom. The number of pyridine rings is 1. The number of nitrogens with zero attached hydrogens (tertiary/aromatic N) is 4. The molecule has 4 atom stereocenters. The van der Waals surface area contributed by atoms with Gasteiger partial charge in [-0.1, -0.05) is 31.5 Å². The molecule has 2 aliphatic rings. The van der Waals surface area contributed by atoms with E-state index >= 15 is 0 Å². The summed E-state index contributed by atoms with van der Waals surface area (Å²) in [4.78, 5) is 9.19. The van der Waals surface area contributed by atoms with Gasteiger partial charge in [0.1, 0.15) is 11.9 Å². The van der Waals surface area contributed by atoms with Crippen molar-refractivity contribution in [3.8, 4) is 5.69 Å². The molecule has 2 aliphatic heterocycles. The van der Waals surface area contributed by atoms with E-state index in [4.69, 9.17) is 23.8 Å². The van der Waals surface area contributed by atoms with Crippen molar-refractivity contribution in [2.75, 3.05) is 22.9 Å². The molecule has 39 heavy (non-hydrogen) atoms. The molecule has 0 bridgehead atoms. The Morgan fingerprint density at radius 3 is 2.38 bits per heavy atom. The van der Waals surface area contributed by atoms with Crippen molar-refractivity contribution in [2.45, 2.75) is 32.4 Å². The van der Waals surface area contributed by atoms with Gasteiger partial charge in [-0.15, -0.1) is 0 Å². The zero-order valence-corrected chi connectivity index (χ0v) is 23.5. The van der Waals surface area contributed by atoms with Gasteiger partial charge in [0.15, 0.2) is 5.11 Å². The van der Waals surface area contributed by atoms with Gasteiger partial charge >= 0.3 is 0 Å². The Balaban J connectivity index is 1.42. The number of piperidine rings is 1. The van der Waals surface area contributed by atoms with Crippen molar-refractivity contribution in [2.24, 2.45) is 11.8 Å². The molecule has 2 aromatic carbocycles. The van der Waals surface area contributed by atoms with Crippen LogP contribution in [-0.2, 0) is 0 Å². The van der Waals surface area contributed by atoms with Gasteiger partial charge in [0.25, 0.3) is 0 Å². The molecule has 1 N–H and O–H groups in total. The first-order chi connectivity index (χ1) is 18.9. The summed E-state index contributed by atoms with van der Waals surface area (Å²) in [6.07, 6.45) is 5.03. The molecule has 2 aromatic heterocycles. The molecule has 6 rings (SSSR count). The van der Waals surface area contributed by atoms with E-state index in [9.17, 15) is 4.39 Å². The molecule has 0 saturated carbocycles. The lowest BCUT2D eigenvalue weighted by Gasteiger charge is -2.37. The number of hydrogen-bond acceptors (Lipinski definition) is 3. The number of nitrogens with one attached hydrogen (secondary N) is 1. The van der Waals surface area contributed by atoms with Gasteiger partial charge in [-0.05, 0) is 97.2 Å². The predicted octanol–water partition coefficient (Wildman–Crippen LogP) is 7.32. The average molecular weight is 560 g/mol. The second kappa shape index (κ2) is 10.6. The molecular formula is C31H31ClFN5S. The highest BCUT2D eigenvalue weighted by Crippen LogP contribution is 2.44. The molecule has 8 heteroatoms. The standard InChI is InChI=1S/C31H31ClFN5S/c1-20-16-21(2)19-36(18-20)27-13-12-24(17-25(27)32)38-30(29(35-31(38)39)26-6-3-4-14-34-26)28-7-5-15-37(28)23-10-8-22(33)9-11-23/h3-15,17,20-21,29-30H,16,18-19H2,1-2H3,(H,35,39)/t20-,21+,29-,30-/m1/s1. The van der Waals surface area contributed by atoms with Gasteiger partial charge in [-0.3, -0.25) is 4.98 Å². The minimum Gasteiger partial charge on any atom is -0.370 e. The summed E-state index contributed by atoms with van der Waals surface area (Å²) in [7, 11) is 0. The molecule has 0 radical (unpaired) electrons. The van der Waals surface area contributed by atoms with Crippen LogP contribution in [0.3, 0.4) is 0 Å². The smallest absolute Gasteiger partial charge is 0.174 e. The number of anilines is 2. The highest BCUT2D eigenvalue weighted by atomic mass is 35.5. The topological polar surface area (TPSA) is 36.3 Å². The largest absolute Gasteiger partial charge is 0.370 e. The Morgan fingerprint density at radius 1 is 0.949 bits per heavy atom. The third-order valence-electron chi connectivity index (χ3n) is 7.71. The van der Waals surface area contributed by atoms with Gasteiger partial charge in [0.05, 0.1) is 22.4 Å². The maximum atomic E-state index is 13.7. The first-order valence-electron chi connectivity index (χ1n) is 13.4. The first-order valence-corrected chi connectivity index (χ1v) is 14.2. The van der Waals surface area contributed by atoms with Crippen LogP contribution in [0.15, 0.2) is 85.2 Å². The molecule has 0 spiro atoms. The van der Waals surface area contributed by atoms with Crippen LogP contribution in [0, 0.1) is 17.7 Å². The molecule has 5 nitrogen and oxygen atoms in total. The lowest BCUT2D eigenvalue weighted by Crippen LogP contribution is -2.38. The Hall–Kier alpha value is -3.42. The Labute approximate surface area is 239 Å². The Kier molecular flexibility index (Phi) is 7.04. The van der Waals surface area contributed by atoms with E-state index < -0.39 is 0 Å². The normalized spacial score (nSPS) is 23.2. The van der Waals surface area contributed by atoms with Crippen LogP contribution in [0.2, 0.25) is 5.02 Å². The van der Waals surface area contributed by atoms with E-state index in [1.165, 1.54) is 18.6 Å². The summed E-state index contributed by atoms with van der Waals surface area (Å²) in [6.45, 7) is 6.61. The lowest BCUT2D eigenvalue weighted by molar-refractivity contribution is 0.357. The number of thiocarbonyl (C=S) groups is 1. The van der Waals surface area contributed by atoms with E-state index in [-0.39, 0.29) is 17.9 Å². The summed E-state index contributed by atoms with van der Waals surface area (Å²) in [5.74, 6) is 0.988. The van der Waals surface area contributed by atoms with Gasteiger partial charge in [0.2, 0.25) is 0 Å². The number of benzene rings is 2. The molecule has 200 valence electrons. The molecule has 0 unspecified atom stereocenters. The minimum atomic E-state index is -0.267. The first kappa shape index (κ1) is 25.8. The van der Waals surface area contributed by atoms with Gasteiger partial charge in [-0.2, -0.15) is 0 Å². The van der Waals surface area contributed by atoms with Crippen LogP contribution in [0.1, 0.15) is 43.7 Å². The summed E-state index contributed by atoms with van der Waals surface area (Å²) in [6, 6.07) is 22.3. The van der Waals surface area contributed by atoms with Crippen molar-refractivity contribution in [1.29, 1.82) is 0 Å². The van der Waals surface area contributed by atoms with Crippen molar-refractivity contribution in [3.63, 3.8) is 0 Å².